The summed E-state index contributed by atoms with van der Waals surface area (Å²) in [4.78, 5) is 19.4. The largest absolute Gasteiger partial charge is 0.361 e. The molecular weight excluding hydrogens is 362 g/mol. The molecule has 0 atom stereocenters. The first kappa shape index (κ1) is 15.6. The summed E-state index contributed by atoms with van der Waals surface area (Å²) in [5.41, 5.74) is 1.81. The van der Waals surface area contributed by atoms with Gasteiger partial charge in [-0.15, -0.1) is 22.7 Å². The number of hydrogen-bond donors (Lipinski definition) is 0. The number of rotatable bonds is 4. The maximum absolute atomic E-state index is 12.8. The van der Waals surface area contributed by atoms with Gasteiger partial charge in [0.1, 0.15) is 10.6 Å². The topological polar surface area (TPSA) is 60.9 Å². The zero-order valence-corrected chi connectivity index (χ0v) is 15.4. The average Bonchev–Trinajstić information content (AvgIpc) is 3.29. The first-order valence-electron chi connectivity index (χ1n) is 7.20. The van der Waals surface area contributed by atoms with Crippen LogP contribution in [0.15, 0.2) is 43.4 Å². The number of fused-ring (bicyclic) bond motifs is 1. The zero-order chi connectivity index (χ0) is 16.7. The molecule has 0 unspecified atom stereocenters. The van der Waals surface area contributed by atoms with E-state index in [-0.39, 0.29) is 5.56 Å². The highest BCUT2D eigenvalue weighted by Crippen LogP contribution is 2.34. The van der Waals surface area contributed by atoms with Crippen LogP contribution >= 0.6 is 34.4 Å². The summed E-state index contributed by atoms with van der Waals surface area (Å²) < 4.78 is 6.69. The molecule has 4 rings (SSSR count). The highest BCUT2D eigenvalue weighted by atomic mass is 32.2. The van der Waals surface area contributed by atoms with Gasteiger partial charge in [0.2, 0.25) is 0 Å². The second-order valence-electron chi connectivity index (χ2n) is 5.28. The molecule has 0 aliphatic heterocycles. The van der Waals surface area contributed by atoms with E-state index in [4.69, 9.17) is 4.52 Å². The van der Waals surface area contributed by atoms with E-state index >= 15 is 0 Å². The van der Waals surface area contributed by atoms with Crippen molar-refractivity contribution in [2.24, 2.45) is 7.05 Å². The van der Waals surface area contributed by atoms with E-state index in [1.54, 1.807) is 23.0 Å². The number of aromatic nitrogens is 3. The molecule has 0 saturated carbocycles. The van der Waals surface area contributed by atoms with Crippen molar-refractivity contribution in [2.45, 2.75) is 17.8 Å². The Balaban J connectivity index is 1.73. The Kier molecular flexibility index (Phi) is 4.03. The highest BCUT2D eigenvalue weighted by molar-refractivity contribution is 7.98. The number of aryl methyl sites for hydroxylation is 1. The van der Waals surface area contributed by atoms with Crippen molar-refractivity contribution in [3.8, 4) is 10.4 Å². The summed E-state index contributed by atoms with van der Waals surface area (Å²) in [5, 5.41) is 9.39. The second kappa shape index (κ2) is 6.19. The second-order valence-corrected chi connectivity index (χ2v) is 8.03. The molecule has 5 nitrogen and oxygen atoms in total. The molecule has 4 aromatic heterocycles. The van der Waals surface area contributed by atoms with Gasteiger partial charge in [-0.2, -0.15) is 0 Å². The van der Waals surface area contributed by atoms with Crippen LogP contribution in [0, 0.1) is 6.92 Å². The maximum Gasteiger partial charge on any atom is 0.263 e. The van der Waals surface area contributed by atoms with Crippen molar-refractivity contribution < 1.29 is 4.52 Å². The fourth-order valence-corrected chi connectivity index (χ4v) is 5.08. The normalized spacial score (nSPS) is 11.4. The Hall–Kier alpha value is -1.90. The lowest BCUT2D eigenvalue weighted by molar-refractivity contribution is 0.393. The third-order valence-electron chi connectivity index (χ3n) is 3.59. The summed E-state index contributed by atoms with van der Waals surface area (Å²) in [5.74, 6) is 1.40. The summed E-state index contributed by atoms with van der Waals surface area (Å²) in [7, 11) is 1.76. The Morgan fingerprint density at radius 3 is 2.96 bits per heavy atom. The fraction of sp³-hybridized carbons (Fsp3) is 0.188. The lowest BCUT2D eigenvalue weighted by Crippen LogP contribution is -2.19. The van der Waals surface area contributed by atoms with Crippen LogP contribution in [0.2, 0.25) is 0 Å². The minimum Gasteiger partial charge on any atom is -0.361 e. The predicted octanol–water partition coefficient (Wildman–Crippen LogP) is 4.31. The summed E-state index contributed by atoms with van der Waals surface area (Å²) in [6.07, 6.45) is 0. The van der Waals surface area contributed by atoms with E-state index in [1.807, 2.05) is 35.9 Å². The van der Waals surface area contributed by atoms with Crippen LogP contribution in [0.25, 0.3) is 20.7 Å². The number of thiophene rings is 2. The van der Waals surface area contributed by atoms with Gasteiger partial charge < -0.3 is 4.52 Å². The molecule has 0 aromatic carbocycles. The van der Waals surface area contributed by atoms with Gasteiger partial charge in [-0.05, 0) is 18.4 Å². The summed E-state index contributed by atoms with van der Waals surface area (Å²) in [6.45, 7) is 1.86. The number of hydrogen-bond acceptors (Lipinski definition) is 7. The SMILES string of the molecule is Cc1cc(CSc2nc3scc(-c4cccs4)c3c(=O)n2C)no1. The van der Waals surface area contributed by atoms with Crippen LogP contribution in [-0.4, -0.2) is 14.7 Å². The smallest absolute Gasteiger partial charge is 0.263 e. The molecule has 24 heavy (non-hydrogen) atoms. The standard InChI is InChI=1S/C16H13N3O2S3/c1-9-6-10(18-21-9)7-24-16-17-14-13(15(20)19(16)2)11(8-23-14)12-4-3-5-22-12/h3-6,8H,7H2,1-2H3. The van der Waals surface area contributed by atoms with Gasteiger partial charge in [0.25, 0.3) is 5.56 Å². The Morgan fingerprint density at radius 1 is 1.38 bits per heavy atom. The zero-order valence-electron chi connectivity index (χ0n) is 13.0. The van der Waals surface area contributed by atoms with Gasteiger partial charge in [0.15, 0.2) is 5.16 Å². The van der Waals surface area contributed by atoms with Crippen LogP contribution < -0.4 is 5.56 Å². The van der Waals surface area contributed by atoms with E-state index in [0.29, 0.717) is 16.3 Å². The summed E-state index contributed by atoms with van der Waals surface area (Å²) >= 11 is 4.63. The molecule has 0 bridgehead atoms. The monoisotopic (exact) mass is 375 g/mol. The first-order valence-corrected chi connectivity index (χ1v) is 9.95. The third kappa shape index (κ3) is 2.70. The van der Waals surface area contributed by atoms with E-state index in [2.05, 4.69) is 10.1 Å². The van der Waals surface area contributed by atoms with Gasteiger partial charge in [-0.1, -0.05) is 23.0 Å². The lowest BCUT2D eigenvalue weighted by Gasteiger charge is -2.06. The molecule has 4 heterocycles. The third-order valence-corrected chi connectivity index (χ3v) is 6.43. The molecular formula is C16H13N3O2S3. The van der Waals surface area contributed by atoms with Gasteiger partial charge in [-0.3, -0.25) is 9.36 Å². The van der Waals surface area contributed by atoms with E-state index in [0.717, 1.165) is 26.7 Å². The Bertz CT molecular complexity index is 1060. The summed E-state index contributed by atoms with van der Waals surface area (Å²) in [6, 6.07) is 5.91. The molecule has 122 valence electrons. The first-order chi connectivity index (χ1) is 11.6. The average molecular weight is 376 g/mol. The minimum absolute atomic E-state index is 0.0107. The molecule has 0 saturated heterocycles. The predicted molar refractivity (Wildman–Crippen MR) is 99.0 cm³/mol. The van der Waals surface area contributed by atoms with Gasteiger partial charge in [-0.25, -0.2) is 4.98 Å². The minimum atomic E-state index is -0.0107. The molecule has 8 heteroatoms. The van der Waals surface area contributed by atoms with Gasteiger partial charge in [0, 0.05) is 34.7 Å². The molecule has 0 aliphatic carbocycles. The van der Waals surface area contributed by atoms with E-state index in [1.165, 1.54) is 23.1 Å². The number of thioether (sulfide) groups is 1. The molecule has 0 radical (unpaired) electrons. The van der Waals surface area contributed by atoms with Crippen molar-refractivity contribution >= 4 is 44.7 Å². The molecule has 0 aliphatic rings. The van der Waals surface area contributed by atoms with Crippen LogP contribution in [0.3, 0.4) is 0 Å². The van der Waals surface area contributed by atoms with Gasteiger partial charge >= 0.3 is 0 Å². The molecule has 0 N–H and O–H groups in total. The molecule has 0 fully saturated rings. The van der Waals surface area contributed by atoms with Crippen LogP contribution in [0.5, 0.6) is 0 Å². The van der Waals surface area contributed by atoms with Gasteiger partial charge in [0.05, 0.1) is 11.1 Å². The maximum atomic E-state index is 12.8. The number of nitrogens with zero attached hydrogens (tertiary/aromatic N) is 3. The van der Waals surface area contributed by atoms with Crippen molar-refractivity contribution in [3.63, 3.8) is 0 Å². The van der Waals surface area contributed by atoms with Crippen molar-refractivity contribution in [1.29, 1.82) is 0 Å². The molecule has 4 aromatic rings. The van der Waals surface area contributed by atoms with E-state index in [9.17, 15) is 4.79 Å². The van der Waals surface area contributed by atoms with Crippen molar-refractivity contribution in [2.75, 3.05) is 0 Å². The lowest BCUT2D eigenvalue weighted by atomic mass is 10.2. The van der Waals surface area contributed by atoms with Crippen LogP contribution in [0.4, 0.5) is 0 Å². The van der Waals surface area contributed by atoms with Crippen LogP contribution in [0.1, 0.15) is 11.5 Å². The molecule has 0 spiro atoms. The highest BCUT2D eigenvalue weighted by Gasteiger charge is 2.16. The Labute approximate surface area is 150 Å². The van der Waals surface area contributed by atoms with Crippen molar-refractivity contribution in [1.82, 2.24) is 14.7 Å². The molecule has 0 amide bonds. The van der Waals surface area contributed by atoms with Crippen molar-refractivity contribution in [3.05, 3.63) is 50.8 Å². The fourth-order valence-electron chi connectivity index (χ4n) is 2.42. The quantitative estimate of drug-likeness (QED) is 0.393. The Morgan fingerprint density at radius 2 is 2.25 bits per heavy atom. The van der Waals surface area contributed by atoms with Crippen LogP contribution in [-0.2, 0) is 12.8 Å². The van der Waals surface area contributed by atoms with E-state index < -0.39 is 0 Å².